The molecule has 4 aromatic rings. The average molecular weight is 855 g/mol. The standard InChI is InChI=1S/C32H24N6O8S2.2CH2Cl2/c39-37(40)25-13-5-7-15-27(25)47(43,44)35-19-17-31(21-9-1-3-11-23(21)33-29(31)35)32-18-20-36(30(32)34-24-12-4-2-10-22(24)32)48(45,46)28-16-8-6-14-26(28)38(41)42;2*2-1-3/h1-16H,17-20H2;2*1H2/t31-,32+;;. The summed E-state index contributed by atoms with van der Waals surface area (Å²) in [6.07, 6.45) is 0.296. The second-order valence-electron chi connectivity index (χ2n) is 12.0. The Hall–Kier alpha value is -4.32. The molecular weight excluding hydrogens is 826 g/mol. The number of aliphatic imine (C=N–C) groups is 2. The predicted molar refractivity (Wildman–Crippen MR) is 207 cm³/mol. The lowest BCUT2D eigenvalue weighted by atomic mass is 9.56. The molecule has 4 aliphatic rings. The van der Waals surface area contributed by atoms with E-state index in [0.717, 1.165) is 20.7 Å². The molecular formula is C34H28Cl4N6O8S2. The fourth-order valence-electron chi connectivity index (χ4n) is 7.93. The first kappa shape index (κ1) is 39.4. The molecule has 2 fully saturated rings. The SMILES string of the molecule is ClCCl.ClCCl.O=[N+]([O-])c1ccccc1S(=O)(=O)N1CC[C@]2([C@]34CCN(S(=O)(=O)c5ccccc5[N+](=O)[O-])C3=Nc3ccccc34)C1=Nc1ccccc12. The first-order chi connectivity index (χ1) is 25.8. The summed E-state index contributed by atoms with van der Waals surface area (Å²) in [4.78, 5) is 31.1. The van der Waals surface area contributed by atoms with Gasteiger partial charge in [0.05, 0.1) is 42.7 Å². The highest BCUT2D eigenvalue weighted by Crippen LogP contribution is 2.65. The van der Waals surface area contributed by atoms with Crippen molar-refractivity contribution in [1.29, 1.82) is 0 Å². The zero-order chi connectivity index (χ0) is 39.1. The molecule has 0 N–H and O–H groups in total. The van der Waals surface area contributed by atoms with E-state index in [9.17, 15) is 37.1 Å². The molecule has 0 aliphatic carbocycles. The highest BCUT2D eigenvalue weighted by Gasteiger charge is 2.71. The van der Waals surface area contributed by atoms with Crippen LogP contribution in [0.1, 0.15) is 24.0 Å². The van der Waals surface area contributed by atoms with E-state index in [4.69, 9.17) is 56.4 Å². The molecule has 54 heavy (non-hydrogen) atoms. The van der Waals surface area contributed by atoms with Gasteiger partial charge in [0, 0.05) is 25.2 Å². The molecule has 4 aliphatic heterocycles. The molecule has 282 valence electrons. The van der Waals surface area contributed by atoms with E-state index in [-0.39, 0.29) is 48.3 Å². The summed E-state index contributed by atoms with van der Waals surface area (Å²) in [6.45, 7) is -0.203. The number of rotatable bonds is 7. The minimum atomic E-state index is -4.55. The normalized spacial score (nSPS) is 20.6. The number of nitrogens with zero attached hydrogens (tertiary/aromatic N) is 6. The third kappa shape index (κ3) is 5.90. The number of benzene rings is 4. The topological polar surface area (TPSA) is 186 Å². The number of hydrogen-bond acceptors (Lipinski definition) is 10. The van der Waals surface area contributed by atoms with E-state index in [2.05, 4.69) is 0 Å². The minimum absolute atomic E-state index is 0.102. The van der Waals surface area contributed by atoms with Crippen molar-refractivity contribution >= 4 is 101 Å². The second-order valence-corrected chi connectivity index (χ2v) is 17.3. The molecule has 0 radical (unpaired) electrons. The van der Waals surface area contributed by atoms with Crippen molar-refractivity contribution < 1.29 is 26.7 Å². The number of hydrogen-bond donors (Lipinski definition) is 0. The van der Waals surface area contributed by atoms with E-state index in [1.54, 1.807) is 36.4 Å². The Morgan fingerprint density at radius 2 is 0.889 bits per heavy atom. The van der Waals surface area contributed by atoms with E-state index in [1.165, 1.54) is 36.4 Å². The third-order valence-electron chi connectivity index (χ3n) is 9.78. The summed E-state index contributed by atoms with van der Waals surface area (Å²) in [7, 11) is -9.10. The molecule has 14 nitrogen and oxygen atoms in total. The van der Waals surface area contributed by atoms with Crippen molar-refractivity contribution in [1.82, 2.24) is 8.61 Å². The van der Waals surface area contributed by atoms with Crippen molar-refractivity contribution in [3.05, 3.63) is 128 Å². The number of amidine groups is 2. The lowest BCUT2D eigenvalue weighted by Crippen LogP contribution is -2.56. The number of nitro groups is 2. The van der Waals surface area contributed by atoms with Crippen molar-refractivity contribution in [3.63, 3.8) is 0 Å². The maximum atomic E-state index is 14.4. The molecule has 0 amide bonds. The fourth-order valence-corrected chi connectivity index (χ4v) is 11.2. The summed E-state index contributed by atoms with van der Waals surface area (Å²) < 4.78 is 59.8. The van der Waals surface area contributed by atoms with Gasteiger partial charge in [-0.15, -0.1) is 46.4 Å². The molecule has 0 spiro atoms. The monoisotopic (exact) mass is 852 g/mol. The summed E-state index contributed by atoms with van der Waals surface area (Å²) in [5.41, 5.74) is -1.44. The van der Waals surface area contributed by atoms with Crippen LogP contribution in [0.15, 0.2) is 117 Å². The van der Waals surface area contributed by atoms with Crippen LogP contribution in [-0.4, -0.2) is 70.7 Å². The molecule has 8 rings (SSSR count). The van der Waals surface area contributed by atoms with E-state index < -0.39 is 61.9 Å². The Morgan fingerprint density at radius 1 is 0.574 bits per heavy atom. The Kier molecular flexibility index (Phi) is 11.0. The number of nitro benzene ring substituents is 2. The second kappa shape index (κ2) is 15.1. The highest BCUT2D eigenvalue weighted by atomic mass is 35.5. The number of sulfonamides is 2. The molecule has 0 saturated carbocycles. The molecule has 20 heteroatoms. The summed E-state index contributed by atoms with van der Waals surface area (Å²) >= 11 is 19.1. The van der Waals surface area contributed by atoms with Crippen LogP contribution < -0.4 is 0 Å². The van der Waals surface area contributed by atoms with Gasteiger partial charge in [-0.25, -0.2) is 26.8 Å². The molecule has 0 unspecified atom stereocenters. The fraction of sp³-hybridized carbons (Fsp3) is 0.235. The Bertz CT molecular complexity index is 2280. The maximum absolute atomic E-state index is 14.4. The van der Waals surface area contributed by atoms with E-state index >= 15 is 0 Å². The predicted octanol–water partition coefficient (Wildman–Crippen LogP) is 7.80. The first-order valence-corrected chi connectivity index (χ1v) is 20.9. The highest BCUT2D eigenvalue weighted by molar-refractivity contribution is 7.90. The van der Waals surface area contributed by atoms with Crippen molar-refractivity contribution in [2.45, 2.75) is 33.5 Å². The van der Waals surface area contributed by atoms with Gasteiger partial charge in [-0.3, -0.25) is 28.8 Å². The third-order valence-corrected chi connectivity index (χ3v) is 13.5. The Balaban J connectivity index is 0.000000779. The number of fused-ring (bicyclic) bond motifs is 7. The van der Waals surface area contributed by atoms with E-state index in [0.29, 0.717) is 22.5 Å². The van der Waals surface area contributed by atoms with Crippen molar-refractivity contribution in [2.75, 3.05) is 23.8 Å². The molecule has 4 aromatic carbocycles. The van der Waals surface area contributed by atoms with Gasteiger partial charge in [0.2, 0.25) is 0 Å². The van der Waals surface area contributed by atoms with Crippen LogP contribution in [0, 0.1) is 20.2 Å². The van der Waals surface area contributed by atoms with Gasteiger partial charge in [-0.1, -0.05) is 60.7 Å². The van der Waals surface area contributed by atoms with Gasteiger partial charge >= 0.3 is 0 Å². The van der Waals surface area contributed by atoms with E-state index in [1.807, 2.05) is 12.1 Å². The summed E-state index contributed by atoms with van der Waals surface area (Å²) in [5.74, 6) is 0.215. The van der Waals surface area contributed by atoms with Crippen LogP contribution >= 0.6 is 46.4 Å². The summed E-state index contributed by atoms with van der Waals surface area (Å²) in [5, 5.41) is 24.3. The molecule has 0 bridgehead atoms. The van der Waals surface area contributed by atoms with Gasteiger partial charge in [-0.05, 0) is 48.2 Å². The van der Waals surface area contributed by atoms with Crippen LogP contribution in [0.5, 0.6) is 0 Å². The van der Waals surface area contributed by atoms with Crippen molar-refractivity contribution in [2.24, 2.45) is 9.98 Å². The van der Waals surface area contributed by atoms with Crippen LogP contribution in [0.4, 0.5) is 22.7 Å². The van der Waals surface area contributed by atoms with Gasteiger partial charge < -0.3 is 0 Å². The molecule has 2 atom stereocenters. The minimum Gasteiger partial charge on any atom is -0.258 e. The first-order valence-electron chi connectivity index (χ1n) is 15.9. The Labute approximate surface area is 330 Å². The quantitative estimate of drug-likeness (QED) is 0.102. The number of para-hydroxylation sites is 4. The van der Waals surface area contributed by atoms with Crippen LogP contribution in [0.3, 0.4) is 0 Å². The lowest BCUT2D eigenvalue weighted by molar-refractivity contribution is -0.388. The van der Waals surface area contributed by atoms with Gasteiger partial charge in [-0.2, -0.15) is 0 Å². The van der Waals surface area contributed by atoms with Crippen molar-refractivity contribution in [3.8, 4) is 0 Å². The molecule has 0 aromatic heterocycles. The molecule has 4 heterocycles. The average Bonchev–Trinajstić information content (AvgIpc) is 3.89. The maximum Gasteiger partial charge on any atom is 0.289 e. The van der Waals surface area contributed by atoms with Crippen LogP contribution in [0.2, 0.25) is 0 Å². The molecule has 2 saturated heterocycles. The summed E-state index contributed by atoms with van der Waals surface area (Å²) in [6, 6.07) is 24.5. The van der Waals surface area contributed by atoms with Gasteiger partial charge in [0.25, 0.3) is 31.4 Å². The van der Waals surface area contributed by atoms with Gasteiger partial charge in [0.1, 0.15) is 11.7 Å². The van der Waals surface area contributed by atoms with Crippen LogP contribution in [-0.2, 0) is 30.9 Å². The van der Waals surface area contributed by atoms with Gasteiger partial charge in [0.15, 0.2) is 9.79 Å². The number of alkyl halides is 4. The largest absolute Gasteiger partial charge is 0.289 e. The zero-order valence-corrected chi connectivity index (χ0v) is 32.4. The smallest absolute Gasteiger partial charge is 0.258 e. The lowest BCUT2D eigenvalue weighted by Gasteiger charge is -2.43. The zero-order valence-electron chi connectivity index (χ0n) is 27.8. The van der Waals surface area contributed by atoms with Crippen LogP contribution in [0.25, 0.3) is 0 Å². The Morgan fingerprint density at radius 3 is 1.24 bits per heavy atom. The number of halogens is 4.